The fourth-order valence-corrected chi connectivity index (χ4v) is 5.44. The number of hydrogen-bond acceptors (Lipinski definition) is 13. The Morgan fingerprint density at radius 3 is 2.06 bits per heavy atom. The molecule has 0 radical (unpaired) electrons. The highest BCUT2D eigenvalue weighted by Gasteiger charge is 2.46. The van der Waals surface area contributed by atoms with Crippen molar-refractivity contribution in [2.45, 2.75) is 125 Å². The van der Waals surface area contributed by atoms with Gasteiger partial charge in [0.05, 0.1) is 17.3 Å². The summed E-state index contributed by atoms with van der Waals surface area (Å²) >= 11 is 0. The minimum Gasteiger partial charge on any atom is -0.505 e. The van der Waals surface area contributed by atoms with Crippen LogP contribution in [0, 0.1) is 29.1 Å². The SMILES string of the molecule is CCC(C)C1OC(=O)C(C)OC(=O)C(CC(=O)c2cccc(N)c2O)C(C)OC(=O)C(CC(C)C)OC(=O)C(C)(C)C(=O)C(CC(C)C)NC1=O. The van der Waals surface area contributed by atoms with Crippen LogP contribution in [0.3, 0.4) is 0 Å². The maximum Gasteiger partial charge on any atom is 0.347 e. The first-order valence-corrected chi connectivity index (χ1v) is 17.4. The fraction of sp³-hybridized carbons (Fsp3) is 0.649. The molecule has 1 heterocycles. The quantitative estimate of drug-likeness (QED) is 0.0821. The molecule has 1 aliphatic heterocycles. The van der Waals surface area contributed by atoms with Gasteiger partial charge in [-0.25, -0.2) is 9.59 Å². The Balaban J connectivity index is 2.67. The van der Waals surface area contributed by atoms with Crippen LogP contribution in [0.25, 0.3) is 0 Å². The number of nitrogens with one attached hydrogen (secondary N) is 1. The topological polar surface area (TPSA) is 215 Å². The van der Waals surface area contributed by atoms with Crippen LogP contribution in [-0.2, 0) is 47.7 Å². The minimum absolute atomic E-state index is 0.0155. The van der Waals surface area contributed by atoms with Crippen molar-refractivity contribution < 1.29 is 57.6 Å². The Hall–Kier alpha value is -4.49. The van der Waals surface area contributed by atoms with E-state index >= 15 is 0 Å². The summed E-state index contributed by atoms with van der Waals surface area (Å²) in [6.45, 7) is 15.8. The van der Waals surface area contributed by atoms with Crippen LogP contribution in [0.5, 0.6) is 5.75 Å². The van der Waals surface area contributed by atoms with Gasteiger partial charge in [-0.05, 0) is 70.9 Å². The summed E-state index contributed by atoms with van der Waals surface area (Å²) in [5.74, 6) is -9.42. The molecular weight excluding hydrogens is 664 g/mol. The van der Waals surface area contributed by atoms with Crippen molar-refractivity contribution in [1.82, 2.24) is 5.32 Å². The number of phenols is 1. The molecule has 7 unspecified atom stereocenters. The average Bonchev–Trinajstić information content (AvgIpc) is 3.04. The van der Waals surface area contributed by atoms with E-state index < -0.39 is 101 Å². The highest BCUT2D eigenvalue weighted by atomic mass is 16.6. The molecule has 1 aromatic rings. The highest BCUT2D eigenvalue weighted by molar-refractivity contribution is 6.07. The predicted octanol–water partition coefficient (Wildman–Crippen LogP) is 4.08. The van der Waals surface area contributed by atoms with Crippen LogP contribution in [0.4, 0.5) is 5.69 Å². The van der Waals surface area contributed by atoms with Crippen LogP contribution in [0.2, 0.25) is 0 Å². The molecule has 1 amide bonds. The number of rotatable bonds is 9. The lowest BCUT2D eigenvalue weighted by Gasteiger charge is -2.32. The van der Waals surface area contributed by atoms with Crippen molar-refractivity contribution >= 4 is 47.0 Å². The van der Waals surface area contributed by atoms with Gasteiger partial charge < -0.3 is 35.1 Å². The maximum atomic E-state index is 14.0. The number of benzene rings is 1. The molecule has 1 aromatic carbocycles. The van der Waals surface area contributed by atoms with E-state index in [0.717, 1.165) is 0 Å². The number of hydrogen-bond donors (Lipinski definition) is 3. The number of ether oxygens (including phenoxy) is 4. The number of nitrogen functional groups attached to an aromatic ring is 1. The zero-order valence-electron chi connectivity index (χ0n) is 31.3. The van der Waals surface area contributed by atoms with Crippen LogP contribution >= 0.6 is 0 Å². The Morgan fingerprint density at radius 2 is 1.49 bits per heavy atom. The number of phenolic OH excluding ortho intramolecular Hbond substituents is 1. The van der Waals surface area contributed by atoms with Gasteiger partial charge in [0.2, 0.25) is 0 Å². The maximum absolute atomic E-state index is 14.0. The van der Waals surface area contributed by atoms with E-state index in [9.17, 15) is 38.7 Å². The van der Waals surface area contributed by atoms with E-state index in [0.29, 0.717) is 6.42 Å². The number of aromatic hydroxyl groups is 1. The van der Waals surface area contributed by atoms with Gasteiger partial charge in [-0.15, -0.1) is 0 Å². The standard InChI is InChI=1S/C37H54N2O12/c1-11-20(6)30-32(43)39-26(15-18(2)3)31(42)37(9,10)36(47)50-28(16-19(4)5)35(46)48-21(7)24(34(45)49-22(8)33(44)51-30)17-27(40)23-13-12-14-25(38)29(23)41/h12-14,18-22,24,26,28,30,41H,11,15-17,38H2,1-10H3,(H,39,43). The molecule has 2 rings (SSSR count). The van der Waals surface area contributed by atoms with Gasteiger partial charge in [-0.3, -0.25) is 24.0 Å². The number of esters is 4. The van der Waals surface area contributed by atoms with E-state index in [4.69, 9.17) is 24.7 Å². The van der Waals surface area contributed by atoms with E-state index in [2.05, 4.69) is 5.32 Å². The molecule has 14 heteroatoms. The largest absolute Gasteiger partial charge is 0.505 e. The van der Waals surface area contributed by atoms with E-state index in [1.807, 2.05) is 13.8 Å². The van der Waals surface area contributed by atoms with Crippen molar-refractivity contribution in [3.8, 4) is 5.75 Å². The summed E-state index contributed by atoms with van der Waals surface area (Å²) in [4.78, 5) is 95.2. The first kappa shape index (κ1) is 42.7. The molecule has 4 N–H and O–H groups in total. The van der Waals surface area contributed by atoms with E-state index in [-0.39, 0.29) is 35.9 Å². The molecule has 7 atom stereocenters. The molecule has 1 aliphatic rings. The van der Waals surface area contributed by atoms with Crippen molar-refractivity contribution in [3.05, 3.63) is 23.8 Å². The number of para-hydroxylation sites is 1. The smallest absolute Gasteiger partial charge is 0.347 e. The number of cyclic esters (lactones) is 4. The second kappa shape index (κ2) is 18.1. The average molecular weight is 719 g/mol. The first-order chi connectivity index (χ1) is 23.6. The lowest BCUT2D eigenvalue weighted by Crippen LogP contribution is -2.54. The third kappa shape index (κ3) is 11.3. The number of anilines is 1. The summed E-state index contributed by atoms with van der Waals surface area (Å²) < 4.78 is 22.2. The van der Waals surface area contributed by atoms with Crippen molar-refractivity contribution in [2.24, 2.45) is 29.1 Å². The van der Waals surface area contributed by atoms with E-state index in [1.54, 1.807) is 27.7 Å². The van der Waals surface area contributed by atoms with Crippen molar-refractivity contribution in [2.75, 3.05) is 5.73 Å². The molecule has 0 saturated carbocycles. The zero-order chi connectivity index (χ0) is 39.0. The first-order valence-electron chi connectivity index (χ1n) is 17.4. The molecule has 1 fully saturated rings. The van der Waals surface area contributed by atoms with Crippen molar-refractivity contribution in [3.63, 3.8) is 0 Å². The number of amides is 1. The van der Waals surface area contributed by atoms with Crippen molar-refractivity contribution in [1.29, 1.82) is 0 Å². The number of carbonyl (C=O) groups is 7. The second-order valence-corrected chi connectivity index (χ2v) is 14.6. The molecular formula is C37H54N2O12. The Bertz CT molecular complexity index is 1470. The Kier molecular flexibility index (Phi) is 15.2. The third-order valence-electron chi connectivity index (χ3n) is 8.90. The summed E-state index contributed by atoms with van der Waals surface area (Å²) in [5, 5.41) is 13.1. The summed E-state index contributed by atoms with van der Waals surface area (Å²) in [5.41, 5.74) is 3.61. The van der Waals surface area contributed by atoms with E-state index in [1.165, 1.54) is 45.9 Å². The molecule has 1 saturated heterocycles. The number of Topliss-reactive ketones (excluding diaryl/α,β-unsaturated/α-hetero) is 2. The summed E-state index contributed by atoms with van der Waals surface area (Å²) in [6.07, 6.45) is -6.04. The zero-order valence-corrected chi connectivity index (χ0v) is 31.3. The minimum atomic E-state index is -1.85. The van der Waals surface area contributed by atoms with Gasteiger partial charge in [0.25, 0.3) is 5.91 Å². The van der Waals surface area contributed by atoms with Crippen LogP contribution < -0.4 is 11.1 Å². The highest BCUT2D eigenvalue weighted by Crippen LogP contribution is 2.30. The van der Waals surface area contributed by atoms with Gasteiger partial charge in [0.15, 0.2) is 29.9 Å². The third-order valence-corrected chi connectivity index (χ3v) is 8.90. The molecule has 51 heavy (non-hydrogen) atoms. The number of carbonyl (C=O) groups excluding carboxylic acids is 7. The summed E-state index contributed by atoms with van der Waals surface area (Å²) in [6, 6.07) is 2.91. The van der Waals surface area contributed by atoms with Crippen LogP contribution in [0.1, 0.15) is 105 Å². The number of ketones is 2. The normalized spacial score (nSPS) is 26.3. The fourth-order valence-electron chi connectivity index (χ4n) is 5.44. The van der Waals surface area contributed by atoms with Gasteiger partial charge in [0, 0.05) is 12.3 Å². The molecule has 0 aromatic heterocycles. The van der Waals surface area contributed by atoms with Gasteiger partial charge >= 0.3 is 23.9 Å². The molecule has 0 spiro atoms. The monoisotopic (exact) mass is 718 g/mol. The Labute approximate surface area is 299 Å². The molecule has 14 nitrogen and oxygen atoms in total. The van der Waals surface area contributed by atoms with Crippen LogP contribution in [0.15, 0.2) is 18.2 Å². The predicted molar refractivity (Wildman–Crippen MR) is 185 cm³/mol. The molecule has 284 valence electrons. The van der Waals surface area contributed by atoms with Gasteiger partial charge in [0.1, 0.15) is 23.2 Å². The lowest BCUT2D eigenvalue weighted by molar-refractivity contribution is -0.185. The lowest BCUT2D eigenvalue weighted by atomic mass is 9.81. The van der Waals surface area contributed by atoms with Gasteiger partial charge in [-0.1, -0.05) is 47.6 Å². The Morgan fingerprint density at radius 1 is 0.882 bits per heavy atom. The van der Waals surface area contributed by atoms with Gasteiger partial charge in [-0.2, -0.15) is 0 Å². The molecule has 0 bridgehead atoms. The summed E-state index contributed by atoms with van der Waals surface area (Å²) in [7, 11) is 0. The number of nitrogens with two attached hydrogens (primary N) is 1. The molecule has 0 aliphatic carbocycles. The van der Waals surface area contributed by atoms with Crippen LogP contribution in [-0.4, -0.2) is 76.9 Å². The second-order valence-electron chi connectivity index (χ2n) is 14.6.